The topological polar surface area (TPSA) is 82.5 Å². The van der Waals surface area contributed by atoms with E-state index < -0.39 is 5.97 Å². The molecule has 3 heterocycles. The molecule has 108 valence electrons. The Morgan fingerprint density at radius 1 is 1.33 bits per heavy atom. The summed E-state index contributed by atoms with van der Waals surface area (Å²) >= 11 is 1.72. The number of thiophene rings is 1. The summed E-state index contributed by atoms with van der Waals surface area (Å²) in [6, 6.07) is 4.72. The molecule has 0 unspecified atom stereocenters. The molecule has 7 heteroatoms. The fraction of sp³-hybridized carbons (Fsp3) is 0.214. The van der Waals surface area contributed by atoms with E-state index in [1.807, 2.05) is 11.4 Å². The van der Waals surface area contributed by atoms with Gasteiger partial charge in [0.05, 0.1) is 5.56 Å². The lowest BCUT2D eigenvalue weighted by atomic mass is 10.1. The Labute approximate surface area is 125 Å². The van der Waals surface area contributed by atoms with E-state index in [0.29, 0.717) is 18.9 Å². The Bertz CT molecular complexity index is 681. The summed E-state index contributed by atoms with van der Waals surface area (Å²) < 4.78 is 0. The van der Waals surface area contributed by atoms with Gasteiger partial charge in [-0.25, -0.2) is 14.6 Å². The molecule has 0 spiro atoms. The highest BCUT2D eigenvalue weighted by molar-refractivity contribution is 7.10. The number of carbonyl (C=O) groups excluding carboxylic acids is 1. The van der Waals surface area contributed by atoms with E-state index >= 15 is 0 Å². The van der Waals surface area contributed by atoms with Crippen LogP contribution in [0.15, 0.2) is 29.8 Å². The molecular weight excluding hydrogens is 290 g/mol. The first-order valence-electron chi connectivity index (χ1n) is 6.44. The molecule has 0 atom stereocenters. The second-order valence-corrected chi connectivity index (χ2v) is 5.71. The number of hydrogen-bond acceptors (Lipinski definition) is 4. The zero-order valence-electron chi connectivity index (χ0n) is 11.1. The molecular formula is C14H13N3O3S. The first-order chi connectivity index (χ1) is 10.1. The molecule has 0 radical (unpaired) electrons. The number of fused-ring (bicyclic) bond motifs is 1. The SMILES string of the molecule is O=C(O)c1ccc(NC(=O)N2CCc3sccc3C2)nc1. The molecule has 2 aromatic rings. The average molecular weight is 303 g/mol. The van der Waals surface area contributed by atoms with Crippen molar-refractivity contribution in [1.29, 1.82) is 0 Å². The third kappa shape index (κ3) is 2.87. The first-order valence-corrected chi connectivity index (χ1v) is 7.32. The Kier molecular flexibility index (Phi) is 3.57. The van der Waals surface area contributed by atoms with Crippen LogP contribution in [0.2, 0.25) is 0 Å². The standard InChI is InChI=1S/C14H13N3O3S/c18-13(19)9-1-2-12(15-7-9)16-14(20)17-5-3-11-10(8-17)4-6-21-11/h1-2,4,6-7H,3,5,8H2,(H,18,19)(H,15,16,20). The summed E-state index contributed by atoms with van der Waals surface area (Å²) in [7, 11) is 0. The van der Waals surface area contributed by atoms with Crippen molar-refractivity contribution in [2.75, 3.05) is 11.9 Å². The van der Waals surface area contributed by atoms with Gasteiger partial charge in [-0.2, -0.15) is 0 Å². The monoisotopic (exact) mass is 303 g/mol. The highest BCUT2D eigenvalue weighted by Crippen LogP contribution is 2.24. The summed E-state index contributed by atoms with van der Waals surface area (Å²) in [5.74, 6) is -0.692. The minimum Gasteiger partial charge on any atom is -0.478 e. The van der Waals surface area contributed by atoms with Crippen LogP contribution in [0.3, 0.4) is 0 Å². The van der Waals surface area contributed by atoms with Crippen LogP contribution < -0.4 is 5.32 Å². The predicted octanol–water partition coefficient (Wildman–Crippen LogP) is 2.43. The molecule has 0 bridgehead atoms. The third-order valence-corrected chi connectivity index (χ3v) is 4.36. The normalized spacial score (nSPS) is 13.6. The molecule has 2 amide bonds. The van der Waals surface area contributed by atoms with Gasteiger partial charge in [0.1, 0.15) is 5.82 Å². The molecule has 0 fully saturated rings. The van der Waals surface area contributed by atoms with Crippen molar-refractivity contribution in [2.45, 2.75) is 13.0 Å². The number of rotatable bonds is 2. The Morgan fingerprint density at radius 2 is 2.19 bits per heavy atom. The van der Waals surface area contributed by atoms with E-state index in [4.69, 9.17) is 5.11 Å². The second-order valence-electron chi connectivity index (χ2n) is 4.71. The van der Waals surface area contributed by atoms with Gasteiger partial charge in [-0.15, -0.1) is 11.3 Å². The van der Waals surface area contributed by atoms with Crippen molar-refractivity contribution in [3.63, 3.8) is 0 Å². The lowest BCUT2D eigenvalue weighted by molar-refractivity contribution is 0.0696. The largest absolute Gasteiger partial charge is 0.478 e. The van der Waals surface area contributed by atoms with Crippen molar-refractivity contribution < 1.29 is 14.7 Å². The summed E-state index contributed by atoms with van der Waals surface area (Å²) in [6.45, 7) is 1.27. The number of urea groups is 1. The van der Waals surface area contributed by atoms with Crippen LogP contribution in [-0.4, -0.2) is 33.5 Å². The first kappa shape index (κ1) is 13.6. The van der Waals surface area contributed by atoms with Gasteiger partial charge in [-0.05, 0) is 35.6 Å². The number of carboxylic acid groups (broad SMARTS) is 1. The van der Waals surface area contributed by atoms with E-state index in [0.717, 1.165) is 6.42 Å². The highest BCUT2D eigenvalue weighted by Gasteiger charge is 2.21. The number of hydrogen-bond donors (Lipinski definition) is 2. The molecule has 2 aromatic heterocycles. The third-order valence-electron chi connectivity index (χ3n) is 3.34. The molecule has 3 rings (SSSR count). The number of nitrogens with one attached hydrogen (secondary N) is 1. The lowest BCUT2D eigenvalue weighted by Crippen LogP contribution is -2.38. The molecule has 0 aromatic carbocycles. The molecule has 6 nitrogen and oxygen atoms in total. The minimum atomic E-state index is -1.04. The van der Waals surface area contributed by atoms with Gasteiger partial charge in [0.25, 0.3) is 0 Å². The maximum absolute atomic E-state index is 12.2. The van der Waals surface area contributed by atoms with Crippen LogP contribution in [0.25, 0.3) is 0 Å². The van der Waals surface area contributed by atoms with E-state index in [-0.39, 0.29) is 11.6 Å². The number of anilines is 1. The van der Waals surface area contributed by atoms with Gasteiger partial charge in [0, 0.05) is 24.2 Å². The molecule has 2 N–H and O–H groups in total. The number of carbonyl (C=O) groups is 2. The summed E-state index contributed by atoms with van der Waals surface area (Å²) in [6.07, 6.45) is 2.09. The molecule has 21 heavy (non-hydrogen) atoms. The highest BCUT2D eigenvalue weighted by atomic mass is 32.1. The predicted molar refractivity (Wildman–Crippen MR) is 78.6 cm³/mol. The van der Waals surface area contributed by atoms with Gasteiger partial charge in [-0.1, -0.05) is 0 Å². The van der Waals surface area contributed by atoms with Gasteiger partial charge >= 0.3 is 12.0 Å². The van der Waals surface area contributed by atoms with Crippen LogP contribution in [-0.2, 0) is 13.0 Å². The van der Waals surface area contributed by atoms with Crippen LogP contribution in [0, 0.1) is 0 Å². The van der Waals surface area contributed by atoms with Crippen LogP contribution in [0.1, 0.15) is 20.8 Å². The van der Waals surface area contributed by atoms with Gasteiger partial charge in [0.2, 0.25) is 0 Å². The molecule has 0 aliphatic carbocycles. The number of carboxylic acids is 1. The molecule has 1 aliphatic rings. The van der Waals surface area contributed by atoms with Crippen molar-refractivity contribution in [3.05, 3.63) is 45.8 Å². The Balaban J connectivity index is 1.65. The molecule has 0 saturated carbocycles. The van der Waals surface area contributed by atoms with Crippen LogP contribution >= 0.6 is 11.3 Å². The van der Waals surface area contributed by atoms with Gasteiger partial charge in [0.15, 0.2) is 0 Å². The van der Waals surface area contributed by atoms with Gasteiger partial charge < -0.3 is 10.0 Å². The van der Waals surface area contributed by atoms with E-state index in [1.165, 1.54) is 28.8 Å². The second kappa shape index (κ2) is 5.53. The molecule has 0 saturated heterocycles. The smallest absolute Gasteiger partial charge is 0.337 e. The van der Waals surface area contributed by atoms with Crippen LogP contribution in [0.5, 0.6) is 0 Å². The lowest BCUT2D eigenvalue weighted by Gasteiger charge is -2.26. The quantitative estimate of drug-likeness (QED) is 0.892. The average Bonchev–Trinajstić information content (AvgIpc) is 2.95. The van der Waals surface area contributed by atoms with Crippen LogP contribution in [0.4, 0.5) is 10.6 Å². The summed E-state index contributed by atoms with van der Waals surface area (Å²) in [4.78, 5) is 29.9. The Morgan fingerprint density at radius 3 is 2.90 bits per heavy atom. The van der Waals surface area contributed by atoms with E-state index in [2.05, 4.69) is 10.3 Å². The zero-order valence-corrected chi connectivity index (χ0v) is 11.9. The van der Waals surface area contributed by atoms with E-state index in [9.17, 15) is 9.59 Å². The number of nitrogens with zero attached hydrogens (tertiary/aromatic N) is 2. The van der Waals surface area contributed by atoms with E-state index in [1.54, 1.807) is 16.2 Å². The number of pyridine rings is 1. The number of amides is 2. The fourth-order valence-corrected chi connectivity index (χ4v) is 3.09. The van der Waals surface area contributed by atoms with Gasteiger partial charge in [-0.3, -0.25) is 5.32 Å². The van der Waals surface area contributed by atoms with Crippen molar-refractivity contribution in [1.82, 2.24) is 9.88 Å². The summed E-state index contributed by atoms with van der Waals surface area (Å²) in [5.41, 5.74) is 1.28. The zero-order chi connectivity index (χ0) is 14.8. The number of aromatic nitrogens is 1. The van der Waals surface area contributed by atoms with Crippen molar-refractivity contribution in [2.24, 2.45) is 0 Å². The maximum atomic E-state index is 12.2. The van der Waals surface area contributed by atoms with Crippen molar-refractivity contribution in [3.8, 4) is 0 Å². The fourth-order valence-electron chi connectivity index (χ4n) is 2.20. The minimum absolute atomic E-state index is 0.0916. The maximum Gasteiger partial charge on any atom is 0.337 e. The number of aromatic carboxylic acids is 1. The summed E-state index contributed by atoms with van der Waals surface area (Å²) in [5, 5.41) is 13.5. The van der Waals surface area contributed by atoms with Crippen molar-refractivity contribution >= 4 is 29.2 Å². The molecule has 1 aliphatic heterocycles. The Hall–Kier alpha value is -2.41.